The van der Waals surface area contributed by atoms with Gasteiger partial charge in [0.1, 0.15) is 5.75 Å². The van der Waals surface area contributed by atoms with Gasteiger partial charge in [0.05, 0.1) is 29.8 Å². The number of ether oxygens (including phenoxy) is 1. The summed E-state index contributed by atoms with van der Waals surface area (Å²) in [7, 11) is -1.63. The zero-order valence-electron chi connectivity index (χ0n) is 14.7. The van der Waals surface area contributed by atoms with Crippen LogP contribution in [0, 0.1) is 0 Å². The molecular weight excluding hydrogens is 394 g/mol. The van der Waals surface area contributed by atoms with E-state index in [1.54, 1.807) is 11.1 Å². The smallest absolute Gasteiger partial charge is 0.387 e. The van der Waals surface area contributed by atoms with Crippen LogP contribution in [0.2, 0.25) is 0 Å². The number of carbonyl (C=O) groups is 1. The molecule has 0 aliphatic carbocycles. The van der Waals surface area contributed by atoms with E-state index >= 15 is 0 Å². The van der Waals surface area contributed by atoms with Crippen LogP contribution in [0.5, 0.6) is 5.75 Å². The highest BCUT2D eigenvalue weighted by Crippen LogP contribution is 2.24. The molecule has 1 saturated heterocycles. The molecule has 11 heteroatoms. The molecule has 8 nitrogen and oxygen atoms in total. The van der Waals surface area contributed by atoms with Crippen LogP contribution in [-0.4, -0.2) is 66.6 Å². The Bertz CT molecular complexity index is 876. The van der Waals surface area contributed by atoms with Gasteiger partial charge in [-0.2, -0.15) is 18.0 Å². The molecule has 0 spiro atoms. The van der Waals surface area contributed by atoms with Crippen LogP contribution >= 0.6 is 0 Å². The number of hydrogen-bond acceptors (Lipinski definition) is 6. The van der Waals surface area contributed by atoms with Gasteiger partial charge in [0, 0.05) is 31.4 Å². The summed E-state index contributed by atoms with van der Waals surface area (Å²) in [5.74, 6) is -0.0465. The van der Waals surface area contributed by atoms with Gasteiger partial charge in [0.15, 0.2) is 11.0 Å². The first-order chi connectivity index (χ1) is 13.4. The van der Waals surface area contributed by atoms with Gasteiger partial charge in [-0.1, -0.05) is 0 Å². The zero-order chi connectivity index (χ0) is 19.8. The number of likely N-dealkylation sites (tertiary alicyclic amines) is 1. The number of carbonyl (C=O) groups excluding carboxylic acids is 1. The van der Waals surface area contributed by atoms with Gasteiger partial charge >= 0.3 is 6.61 Å². The molecule has 1 fully saturated rings. The first-order valence-electron chi connectivity index (χ1n) is 8.62. The van der Waals surface area contributed by atoms with Crippen LogP contribution in [0.25, 0.3) is 0 Å². The summed E-state index contributed by atoms with van der Waals surface area (Å²) in [6.45, 7) is -0.893. The van der Waals surface area contributed by atoms with E-state index in [4.69, 9.17) is 0 Å². The lowest BCUT2D eigenvalue weighted by atomic mass is 10.2. The number of amides is 1. The average Bonchev–Trinajstić information content (AvgIpc) is 3.19. The lowest BCUT2D eigenvalue weighted by Crippen LogP contribution is -2.53. The Hall–Kier alpha value is -2.37. The van der Waals surface area contributed by atoms with Crippen LogP contribution < -0.4 is 4.74 Å². The second-order valence-electron chi connectivity index (χ2n) is 6.70. The number of aliphatic hydroxyl groups is 1. The average molecular weight is 412 g/mol. The summed E-state index contributed by atoms with van der Waals surface area (Å²) >= 11 is 0. The second kappa shape index (κ2) is 7.57. The molecule has 2 aliphatic rings. The Morgan fingerprint density at radius 2 is 2.00 bits per heavy atom. The van der Waals surface area contributed by atoms with Gasteiger partial charge in [-0.25, -0.2) is 4.21 Å². The molecule has 0 saturated carbocycles. The number of aliphatic hydroxyl groups excluding tert-OH is 1. The first-order valence-corrected chi connectivity index (χ1v) is 9.72. The fourth-order valence-electron chi connectivity index (χ4n) is 3.20. The topological polar surface area (TPSA) is 87.9 Å². The van der Waals surface area contributed by atoms with Crippen molar-refractivity contribution in [3.05, 3.63) is 41.7 Å². The van der Waals surface area contributed by atoms with E-state index in [1.165, 1.54) is 28.4 Å². The largest absolute Gasteiger partial charge is 0.435 e. The molecule has 1 atom stereocenters. The Balaban J connectivity index is 1.37. The summed E-state index contributed by atoms with van der Waals surface area (Å²) in [6, 6.07) is 5.53. The number of fused-ring (bicyclic) bond motifs is 1. The summed E-state index contributed by atoms with van der Waals surface area (Å²) in [5, 5.41) is 13.6. The Morgan fingerprint density at radius 3 is 2.61 bits per heavy atom. The minimum absolute atomic E-state index is 0.0115. The SMILES string of the molecule is O=C(CN1CC(O)C1)N1Cc2cn(S(=O)c3ccc(OC(F)F)cc3)nc2C1. The minimum Gasteiger partial charge on any atom is -0.435 e. The number of alkyl halides is 2. The number of nitrogens with zero attached hydrogens (tertiary/aromatic N) is 4. The quantitative estimate of drug-likeness (QED) is 0.747. The summed E-state index contributed by atoms with van der Waals surface area (Å²) in [5.41, 5.74) is 1.51. The molecule has 3 heterocycles. The molecule has 1 aromatic heterocycles. The van der Waals surface area contributed by atoms with Crippen molar-refractivity contribution < 1.29 is 27.6 Å². The monoisotopic (exact) mass is 412 g/mol. The summed E-state index contributed by atoms with van der Waals surface area (Å²) < 4.78 is 42.6. The first kappa shape index (κ1) is 19.0. The van der Waals surface area contributed by atoms with Crippen molar-refractivity contribution in [1.82, 2.24) is 19.0 Å². The fourth-order valence-corrected chi connectivity index (χ4v) is 4.18. The van der Waals surface area contributed by atoms with E-state index < -0.39 is 17.6 Å². The fraction of sp³-hybridized carbons (Fsp3) is 0.412. The lowest BCUT2D eigenvalue weighted by Gasteiger charge is -2.36. The number of rotatable bonds is 6. The van der Waals surface area contributed by atoms with Crippen molar-refractivity contribution in [2.24, 2.45) is 0 Å². The standard InChI is InChI=1S/C17H18F2N4O4S/c18-17(19)27-13-1-3-14(4-2-13)28(26)23-6-11-5-22(9-15(11)20-23)16(25)10-21-7-12(24)8-21/h1-4,6,12,17,24H,5,7-10H2. The van der Waals surface area contributed by atoms with Crippen molar-refractivity contribution in [2.45, 2.75) is 30.7 Å². The maximum Gasteiger partial charge on any atom is 0.387 e. The predicted molar refractivity (Wildman–Crippen MR) is 93.8 cm³/mol. The molecule has 2 aliphatic heterocycles. The third kappa shape index (κ3) is 3.91. The van der Waals surface area contributed by atoms with Crippen LogP contribution in [0.3, 0.4) is 0 Å². The van der Waals surface area contributed by atoms with Crippen LogP contribution in [0.1, 0.15) is 11.3 Å². The van der Waals surface area contributed by atoms with E-state index in [2.05, 4.69) is 9.84 Å². The predicted octanol–water partition coefficient (Wildman–Crippen LogP) is 0.574. The van der Waals surface area contributed by atoms with Gasteiger partial charge in [-0.05, 0) is 24.3 Å². The highest BCUT2D eigenvalue weighted by Gasteiger charge is 2.31. The van der Waals surface area contributed by atoms with Crippen molar-refractivity contribution in [1.29, 1.82) is 0 Å². The Morgan fingerprint density at radius 1 is 1.29 bits per heavy atom. The Kier molecular flexibility index (Phi) is 5.13. The highest BCUT2D eigenvalue weighted by atomic mass is 32.2. The van der Waals surface area contributed by atoms with E-state index in [-0.39, 0.29) is 24.3 Å². The van der Waals surface area contributed by atoms with E-state index in [0.29, 0.717) is 36.8 Å². The molecule has 28 heavy (non-hydrogen) atoms. The molecule has 150 valence electrons. The van der Waals surface area contributed by atoms with Crippen LogP contribution in [-0.2, 0) is 28.9 Å². The molecule has 4 rings (SSSR count). The highest BCUT2D eigenvalue weighted by molar-refractivity contribution is 7.83. The molecule has 1 N–H and O–H groups in total. The van der Waals surface area contributed by atoms with Crippen LogP contribution in [0.4, 0.5) is 8.78 Å². The second-order valence-corrected chi connectivity index (χ2v) is 8.04. The molecule has 1 aromatic carbocycles. The van der Waals surface area contributed by atoms with Crippen molar-refractivity contribution in [3.63, 3.8) is 0 Å². The zero-order valence-corrected chi connectivity index (χ0v) is 15.5. The van der Waals surface area contributed by atoms with Crippen molar-refractivity contribution >= 4 is 16.9 Å². The lowest BCUT2D eigenvalue weighted by molar-refractivity contribution is -0.135. The normalized spacial score (nSPS) is 18.2. The maximum absolute atomic E-state index is 12.6. The maximum atomic E-state index is 12.6. The number of benzene rings is 1. The van der Waals surface area contributed by atoms with Gasteiger partial charge in [0.25, 0.3) is 0 Å². The molecule has 1 amide bonds. The minimum atomic E-state index is -2.91. The molecular formula is C17H18F2N4O4S. The number of aromatic nitrogens is 2. The summed E-state index contributed by atoms with van der Waals surface area (Å²) in [4.78, 5) is 16.3. The molecule has 1 unspecified atom stereocenters. The van der Waals surface area contributed by atoms with Crippen LogP contribution in [0.15, 0.2) is 35.4 Å². The Labute approximate surface area is 161 Å². The van der Waals surface area contributed by atoms with E-state index in [9.17, 15) is 22.9 Å². The molecule has 0 bridgehead atoms. The van der Waals surface area contributed by atoms with Gasteiger partial charge in [-0.15, -0.1) is 0 Å². The number of β-amino-alcohol motifs (C(OH)–C–C–N with tert-alkyl or cyclic N) is 1. The number of halogens is 2. The van der Waals surface area contributed by atoms with E-state index in [0.717, 1.165) is 5.56 Å². The van der Waals surface area contributed by atoms with E-state index in [1.807, 2.05) is 4.90 Å². The van der Waals surface area contributed by atoms with Crippen molar-refractivity contribution in [3.8, 4) is 5.75 Å². The summed E-state index contributed by atoms with van der Waals surface area (Å²) in [6.07, 6.45) is 1.28. The van der Waals surface area contributed by atoms with Gasteiger partial charge in [0.2, 0.25) is 5.91 Å². The third-order valence-corrected chi connectivity index (χ3v) is 5.83. The van der Waals surface area contributed by atoms with Gasteiger partial charge < -0.3 is 14.7 Å². The van der Waals surface area contributed by atoms with Crippen molar-refractivity contribution in [2.75, 3.05) is 19.6 Å². The molecule has 0 radical (unpaired) electrons. The number of hydrogen-bond donors (Lipinski definition) is 1. The third-order valence-electron chi connectivity index (χ3n) is 4.63. The molecule has 2 aromatic rings. The van der Waals surface area contributed by atoms with Gasteiger partial charge in [-0.3, -0.25) is 9.69 Å².